The van der Waals surface area contributed by atoms with Crippen molar-refractivity contribution in [3.8, 4) is 0 Å². The maximum absolute atomic E-state index is 14.1. The fourth-order valence-corrected chi connectivity index (χ4v) is 10.4. The number of unbranched alkanes of at least 4 members (excludes halogenated alkanes) is 3. The third-order valence-corrected chi connectivity index (χ3v) is 15.0. The van der Waals surface area contributed by atoms with Gasteiger partial charge in [-0.15, -0.1) is 0 Å². The second-order valence-corrected chi connectivity index (χ2v) is 22.3. The normalized spacial score (nSPS) is 23.7. The second kappa shape index (κ2) is 24.0. The van der Waals surface area contributed by atoms with Crippen molar-refractivity contribution in [3.05, 3.63) is 70.8 Å². The van der Waals surface area contributed by atoms with Crippen LogP contribution in [-0.4, -0.2) is 121 Å². The summed E-state index contributed by atoms with van der Waals surface area (Å²) in [5, 5.41) is 15.5. The summed E-state index contributed by atoms with van der Waals surface area (Å²) in [5.41, 5.74) is 3.24. The maximum atomic E-state index is 14.1. The van der Waals surface area contributed by atoms with Gasteiger partial charge in [-0.05, 0) is 92.0 Å². The van der Waals surface area contributed by atoms with Gasteiger partial charge >= 0.3 is 0 Å². The largest absolute Gasteiger partial charge is 0.375 e. The van der Waals surface area contributed by atoms with Gasteiger partial charge in [-0.1, -0.05) is 117 Å². The number of likely N-dealkylation sites (tertiary alicyclic amines) is 2. The summed E-state index contributed by atoms with van der Waals surface area (Å²) < 4.78 is 13.1. The number of fused-ring (bicyclic) bond motifs is 2. The molecule has 0 unspecified atom stereocenters. The van der Waals surface area contributed by atoms with E-state index in [1.165, 1.54) is 0 Å². The minimum absolute atomic E-state index is 0.155. The molecule has 15 nitrogen and oxygen atoms in total. The Morgan fingerprint density at radius 1 is 0.629 bits per heavy atom. The van der Waals surface area contributed by atoms with Gasteiger partial charge in [0.25, 0.3) is 0 Å². The Kier molecular flexibility index (Phi) is 18.7. The molecule has 10 atom stereocenters. The predicted octanol–water partition coefficient (Wildman–Crippen LogP) is 5.84. The van der Waals surface area contributed by atoms with Crippen molar-refractivity contribution >= 4 is 35.4 Å². The molecule has 0 bridgehead atoms. The van der Waals surface area contributed by atoms with Crippen LogP contribution < -0.4 is 26.6 Å². The van der Waals surface area contributed by atoms with Crippen molar-refractivity contribution < 1.29 is 38.2 Å². The first kappa shape index (κ1) is 54.5. The van der Waals surface area contributed by atoms with Crippen LogP contribution in [0, 0.1) is 16.7 Å². The highest BCUT2D eigenvalue weighted by Gasteiger charge is 2.46. The lowest BCUT2D eigenvalue weighted by Crippen LogP contribution is -2.59. The summed E-state index contributed by atoms with van der Waals surface area (Å²) in [6, 6.07) is 12.2. The third kappa shape index (κ3) is 13.2. The summed E-state index contributed by atoms with van der Waals surface area (Å²) in [5.74, 6) is -1.51. The van der Waals surface area contributed by atoms with Gasteiger partial charge in [0.1, 0.15) is 24.2 Å². The number of nitrogens with zero attached hydrogens (tertiary/aromatic N) is 2. The van der Waals surface area contributed by atoms with E-state index in [1.54, 1.807) is 23.8 Å². The average molecular weight is 970 g/mol. The molecule has 2 aromatic rings. The summed E-state index contributed by atoms with van der Waals surface area (Å²) >= 11 is 0. The molecule has 6 rings (SSSR count). The van der Waals surface area contributed by atoms with Crippen molar-refractivity contribution in [2.45, 2.75) is 187 Å². The van der Waals surface area contributed by atoms with Gasteiger partial charge in [0.05, 0.1) is 30.3 Å². The first-order valence-electron chi connectivity index (χ1n) is 26.1. The van der Waals surface area contributed by atoms with Crippen molar-refractivity contribution in [2.75, 3.05) is 33.4 Å². The highest BCUT2D eigenvalue weighted by molar-refractivity contribution is 5.95. The maximum Gasteiger partial charge on any atom is 0.246 e. The van der Waals surface area contributed by atoms with E-state index in [1.807, 2.05) is 91.8 Å². The molecule has 2 fully saturated rings. The van der Waals surface area contributed by atoms with Crippen molar-refractivity contribution in [1.82, 2.24) is 36.4 Å². The number of ether oxygens (including phenoxy) is 2. The Morgan fingerprint density at radius 3 is 1.44 bits per heavy atom. The molecule has 386 valence electrons. The number of nitrogens with one attached hydrogen (secondary N) is 5. The number of carbonyl (C=O) groups excluding carboxylic acids is 6. The van der Waals surface area contributed by atoms with E-state index in [-0.39, 0.29) is 65.7 Å². The lowest BCUT2D eigenvalue weighted by Gasteiger charge is -2.36. The molecule has 2 aromatic carbocycles. The molecule has 2 aliphatic heterocycles. The quantitative estimate of drug-likeness (QED) is 0.0959. The topological polar surface area (TPSA) is 188 Å². The molecule has 0 saturated carbocycles. The van der Waals surface area contributed by atoms with Crippen LogP contribution in [0.4, 0.5) is 0 Å². The molecule has 70 heavy (non-hydrogen) atoms. The zero-order valence-electron chi connectivity index (χ0n) is 43.7. The number of hydrogen-bond donors (Lipinski definition) is 5. The van der Waals surface area contributed by atoms with Gasteiger partial charge in [0.2, 0.25) is 35.4 Å². The Morgan fingerprint density at radius 2 is 1.04 bits per heavy atom. The van der Waals surface area contributed by atoms with Crippen LogP contribution in [0.1, 0.15) is 154 Å². The van der Waals surface area contributed by atoms with Gasteiger partial charge in [0.15, 0.2) is 0 Å². The van der Waals surface area contributed by atoms with Crippen LogP contribution in [0.3, 0.4) is 0 Å². The average Bonchev–Trinajstić information content (AvgIpc) is 4.15. The number of likely N-dealkylation sites (N-methyl/N-ethyl adjacent to an activating group) is 1. The summed E-state index contributed by atoms with van der Waals surface area (Å²) in [4.78, 5) is 85.6. The van der Waals surface area contributed by atoms with Crippen LogP contribution in [0.2, 0.25) is 0 Å². The van der Waals surface area contributed by atoms with Crippen molar-refractivity contribution in [2.24, 2.45) is 16.7 Å². The minimum atomic E-state index is -0.790. The molecule has 4 aliphatic rings. The van der Waals surface area contributed by atoms with Crippen LogP contribution in [0.25, 0.3) is 0 Å². The van der Waals surface area contributed by atoms with Gasteiger partial charge in [-0.2, -0.15) is 0 Å². The van der Waals surface area contributed by atoms with Crippen LogP contribution in [0.5, 0.6) is 0 Å². The fourth-order valence-electron chi connectivity index (χ4n) is 10.4. The highest BCUT2D eigenvalue weighted by Crippen LogP contribution is 2.37. The molecular weight excluding hydrogens is 887 g/mol. The van der Waals surface area contributed by atoms with E-state index in [2.05, 4.69) is 38.7 Å². The van der Waals surface area contributed by atoms with Gasteiger partial charge in [0, 0.05) is 45.1 Å². The Hall–Kier alpha value is -4.86. The first-order valence-corrected chi connectivity index (χ1v) is 26.1. The number of carbonyl (C=O) groups is 6. The van der Waals surface area contributed by atoms with E-state index >= 15 is 0 Å². The van der Waals surface area contributed by atoms with Gasteiger partial charge in [-0.25, -0.2) is 0 Å². The van der Waals surface area contributed by atoms with Gasteiger partial charge < -0.3 is 45.9 Å². The van der Waals surface area contributed by atoms with Crippen LogP contribution in [0.15, 0.2) is 48.5 Å². The lowest BCUT2D eigenvalue weighted by molar-refractivity contribution is -0.144. The zero-order valence-corrected chi connectivity index (χ0v) is 43.7. The highest BCUT2D eigenvalue weighted by atomic mass is 16.5. The lowest BCUT2D eigenvalue weighted by atomic mass is 9.85. The first-order chi connectivity index (χ1) is 33.2. The summed E-state index contributed by atoms with van der Waals surface area (Å²) in [6.45, 7) is 19.1. The minimum Gasteiger partial charge on any atom is -0.375 e. The molecule has 6 amide bonds. The molecule has 0 spiro atoms. The Bertz CT molecular complexity index is 2000. The molecule has 0 aromatic heterocycles. The van der Waals surface area contributed by atoms with Crippen LogP contribution >= 0.6 is 0 Å². The predicted molar refractivity (Wildman–Crippen MR) is 270 cm³/mol. The standard InChI is InChI=1S/C55H83N7O8/c1-11-34(2)48(63)59-46(54(4,5)6)52(67)61-28-20-26-40(61)50(65)57-44-38-24-16-14-22-36(38)32-42(44)69-30-18-12-13-19-31-70-43-33-37-23-15-17-25-39(37)45(43)58-51(66)41-27-21-29-62(41)53(68)47(55(7,8)9)60-49(64)35(3)56-10/h14-17,22-25,34-35,40-47,56H,11-13,18-21,26-33H2,1-10H3,(H,57,65)(H,58,66)(H,59,63)(H,60,64)/t34-,35+,40+,41+,42-,43-,44+,45+,46-,47-/m1/s1. The van der Waals surface area contributed by atoms with E-state index in [0.29, 0.717) is 71.2 Å². The third-order valence-electron chi connectivity index (χ3n) is 15.0. The van der Waals surface area contributed by atoms with Crippen molar-refractivity contribution in [1.29, 1.82) is 0 Å². The second-order valence-electron chi connectivity index (χ2n) is 22.3. The van der Waals surface area contributed by atoms with Crippen LogP contribution in [-0.2, 0) is 51.1 Å². The van der Waals surface area contributed by atoms with E-state index in [4.69, 9.17) is 9.47 Å². The molecule has 2 aliphatic carbocycles. The van der Waals surface area contributed by atoms with Gasteiger partial charge in [-0.3, -0.25) is 28.8 Å². The number of rotatable bonds is 21. The molecule has 2 heterocycles. The molecular formula is C55H83N7O8. The summed E-state index contributed by atoms with van der Waals surface area (Å²) in [6.07, 6.45) is 7.58. The number of amides is 6. The monoisotopic (exact) mass is 970 g/mol. The molecule has 15 heteroatoms. The smallest absolute Gasteiger partial charge is 0.246 e. The fraction of sp³-hybridized carbons (Fsp3) is 0.673. The van der Waals surface area contributed by atoms with E-state index < -0.39 is 41.0 Å². The number of hydrogen-bond acceptors (Lipinski definition) is 9. The SMILES string of the molecule is CC[C@@H](C)C(=O)N[C@H](C(=O)N1CCC[C@H]1C(=O)N[C@H]1c2ccccc2C[C@H]1OCCCCCCO[C@@H]1Cc2ccccc2[C@@H]1NC(=O)[C@@H]1CCCN1C(=O)[C@@H](NC(=O)[C@H](C)NC)C(C)(C)C)C(C)(C)C. The molecule has 2 saturated heterocycles. The van der Waals surface area contributed by atoms with Crippen molar-refractivity contribution in [3.63, 3.8) is 0 Å². The van der Waals surface area contributed by atoms with E-state index in [9.17, 15) is 28.8 Å². The zero-order chi connectivity index (χ0) is 50.9. The number of benzene rings is 2. The Labute approximate surface area is 417 Å². The molecule has 0 radical (unpaired) electrons. The summed E-state index contributed by atoms with van der Waals surface area (Å²) in [7, 11) is 1.70. The molecule has 5 N–H and O–H groups in total. The van der Waals surface area contributed by atoms with E-state index in [0.717, 1.165) is 47.9 Å². The Balaban J connectivity index is 0.984.